The lowest BCUT2D eigenvalue weighted by atomic mass is 10.1. The predicted molar refractivity (Wildman–Crippen MR) is 91.5 cm³/mol. The van der Waals surface area contributed by atoms with Gasteiger partial charge < -0.3 is 0 Å². The Morgan fingerprint density at radius 1 is 0.864 bits per heavy atom. The summed E-state index contributed by atoms with van der Waals surface area (Å²) in [6.45, 7) is 4.75. The fourth-order valence-electron chi connectivity index (χ4n) is 2.57. The highest BCUT2D eigenvalue weighted by Gasteiger charge is 2.08. The Hall–Kier alpha value is -1.93. The first-order valence-electron chi connectivity index (χ1n) is 8.10. The lowest BCUT2D eigenvalue weighted by Crippen LogP contribution is -2.24. The van der Waals surface area contributed by atoms with E-state index in [4.69, 9.17) is 0 Å². The van der Waals surface area contributed by atoms with E-state index in [1.54, 1.807) is 0 Å². The van der Waals surface area contributed by atoms with Gasteiger partial charge in [-0.1, -0.05) is 67.6 Å². The molecule has 116 valence electrons. The Morgan fingerprint density at radius 2 is 1.36 bits per heavy atom. The van der Waals surface area contributed by atoms with Gasteiger partial charge in [-0.3, -0.25) is 9.69 Å². The topological polar surface area (TPSA) is 20.3 Å². The van der Waals surface area contributed by atoms with Crippen LogP contribution in [0.25, 0.3) is 0 Å². The zero-order valence-electron chi connectivity index (χ0n) is 13.4. The molecule has 0 aliphatic rings. The minimum absolute atomic E-state index is 0.361. The standard InChI is InChI=1S/C20H25NO/c1-2-20(22)14-9-15-21(16-18-10-5-3-6-11-18)17-19-12-7-4-8-13-19/h3-8,10-13H,2,9,14-17H2,1H3. The molecule has 0 spiro atoms. The third kappa shape index (κ3) is 5.82. The number of rotatable bonds is 9. The van der Waals surface area contributed by atoms with Crippen LogP contribution in [0.5, 0.6) is 0 Å². The van der Waals surface area contributed by atoms with Crippen molar-refractivity contribution in [1.82, 2.24) is 4.90 Å². The molecule has 0 amide bonds. The zero-order valence-corrected chi connectivity index (χ0v) is 13.4. The molecule has 0 bridgehead atoms. The maximum atomic E-state index is 11.5. The van der Waals surface area contributed by atoms with E-state index >= 15 is 0 Å². The Bertz CT molecular complexity index is 509. The molecule has 0 N–H and O–H groups in total. The van der Waals surface area contributed by atoms with Crippen LogP contribution >= 0.6 is 0 Å². The summed E-state index contributed by atoms with van der Waals surface area (Å²) < 4.78 is 0. The maximum absolute atomic E-state index is 11.5. The van der Waals surface area contributed by atoms with E-state index in [1.165, 1.54) is 11.1 Å². The molecule has 0 aromatic heterocycles. The quantitative estimate of drug-likeness (QED) is 0.681. The Labute approximate surface area is 133 Å². The van der Waals surface area contributed by atoms with Gasteiger partial charge in [0.1, 0.15) is 5.78 Å². The maximum Gasteiger partial charge on any atom is 0.132 e. The van der Waals surface area contributed by atoms with Crippen LogP contribution < -0.4 is 0 Å². The van der Waals surface area contributed by atoms with E-state index < -0.39 is 0 Å². The Morgan fingerprint density at radius 3 is 1.82 bits per heavy atom. The summed E-state index contributed by atoms with van der Waals surface area (Å²) in [5.41, 5.74) is 2.64. The van der Waals surface area contributed by atoms with Gasteiger partial charge in [0.2, 0.25) is 0 Å². The van der Waals surface area contributed by atoms with Crippen molar-refractivity contribution in [3.8, 4) is 0 Å². The van der Waals surface area contributed by atoms with E-state index in [0.29, 0.717) is 18.6 Å². The molecule has 22 heavy (non-hydrogen) atoms. The molecule has 0 unspecified atom stereocenters. The normalized spacial score (nSPS) is 10.8. The lowest BCUT2D eigenvalue weighted by molar-refractivity contribution is -0.118. The van der Waals surface area contributed by atoms with Crippen molar-refractivity contribution in [3.05, 3.63) is 71.8 Å². The Kier molecular flexibility index (Phi) is 6.85. The number of benzene rings is 2. The molecule has 0 aliphatic carbocycles. The molecule has 2 aromatic rings. The molecular formula is C20H25NO. The molecule has 0 fully saturated rings. The van der Waals surface area contributed by atoms with Gasteiger partial charge in [0.05, 0.1) is 0 Å². The van der Waals surface area contributed by atoms with E-state index in [0.717, 1.165) is 26.1 Å². The van der Waals surface area contributed by atoms with Crippen LogP contribution in [-0.4, -0.2) is 17.2 Å². The van der Waals surface area contributed by atoms with Crippen molar-refractivity contribution in [2.45, 2.75) is 39.3 Å². The summed E-state index contributed by atoms with van der Waals surface area (Å²) in [6.07, 6.45) is 2.28. The fourth-order valence-corrected chi connectivity index (χ4v) is 2.57. The number of carbonyl (C=O) groups excluding carboxylic acids is 1. The van der Waals surface area contributed by atoms with Crippen LogP contribution in [0, 0.1) is 0 Å². The third-order valence-corrected chi connectivity index (χ3v) is 3.82. The van der Waals surface area contributed by atoms with Gasteiger partial charge in [-0.25, -0.2) is 0 Å². The number of carbonyl (C=O) groups is 1. The molecule has 2 rings (SSSR count). The largest absolute Gasteiger partial charge is 0.300 e. The zero-order chi connectivity index (χ0) is 15.6. The lowest BCUT2D eigenvalue weighted by Gasteiger charge is -2.22. The van der Waals surface area contributed by atoms with Crippen molar-refractivity contribution < 1.29 is 4.79 Å². The minimum Gasteiger partial charge on any atom is -0.300 e. The number of hydrogen-bond acceptors (Lipinski definition) is 2. The molecule has 0 radical (unpaired) electrons. The third-order valence-electron chi connectivity index (χ3n) is 3.82. The molecule has 2 nitrogen and oxygen atoms in total. The summed E-state index contributed by atoms with van der Waals surface area (Å²) in [5.74, 6) is 0.361. The summed E-state index contributed by atoms with van der Waals surface area (Å²) in [4.78, 5) is 13.9. The van der Waals surface area contributed by atoms with Crippen molar-refractivity contribution in [2.24, 2.45) is 0 Å². The predicted octanol–water partition coefficient (Wildman–Crippen LogP) is 4.45. The van der Waals surface area contributed by atoms with Crippen LogP contribution in [0.15, 0.2) is 60.7 Å². The smallest absolute Gasteiger partial charge is 0.132 e. The summed E-state index contributed by atoms with van der Waals surface area (Å²) in [6, 6.07) is 21.1. The van der Waals surface area contributed by atoms with Crippen LogP contribution in [0.2, 0.25) is 0 Å². The second-order valence-corrected chi connectivity index (χ2v) is 5.68. The molecule has 0 saturated carbocycles. The van der Waals surface area contributed by atoms with Crippen LogP contribution in [-0.2, 0) is 17.9 Å². The van der Waals surface area contributed by atoms with E-state index in [2.05, 4.69) is 53.4 Å². The van der Waals surface area contributed by atoms with E-state index in [1.807, 2.05) is 19.1 Å². The SMILES string of the molecule is CCC(=O)CCCN(Cc1ccccc1)Cc1ccccc1. The van der Waals surface area contributed by atoms with Gasteiger partial charge in [-0.2, -0.15) is 0 Å². The fraction of sp³-hybridized carbons (Fsp3) is 0.350. The average molecular weight is 295 g/mol. The molecule has 0 aliphatic heterocycles. The van der Waals surface area contributed by atoms with Crippen LogP contribution in [0.1, 0.15) is 37.3 Å². The van der Waals surface area contributed by atoms with Crippen molar-refractivity contribution in [2.75, 3.05) is 6.54 Å². The van der Waals surface area contributed by atoms with Gasteiger partial charge in [-0.15, -0.1) is 0 Å². The van der Waals surface area contributed by atoms with Gasteiger partial charge in [0.25, 0.3) is 0 Å². The van der Waals surface area contributed by atoms with Crippen molar-refractivity contribution in [3.63, 3.8) is 0 Å². The van der Waals surface area contributed by atoms with E-state index in [-0.39, 0.29) is 0 Å². The number of nitrogens with zero attached hydrogens (tertiary/aromatic N) is 1. The average Bonchev–Trinajstić information content (AvgIpc) is 2.56. The number of Topliss-reactive ketones (excluding diaryl/α,β-unsaturated/α-hetero) is 1. The minimum atomic E-state index is 0.361. The summed E-state index contributed by atoms with van der Waals surface area (Å²) >= 11 is 0. The molecule has 0 saturated heterocycles. The first-order chi connectivity index (χ1) is 10.8. The monoisotopic (exact) mass is 295 g/mol. The van der Waals surface area contributed by atoms with Gasteiger partial charge in [-0.05, 0) is 24.1 Å². The molecular weight excluding hydrogens is 270 g/mol. The highest BCUT2D eigenvalue weighted by Crippen LogP contribution is 2.11. The summed E-state index contributed by atoms with van der Waals surface area (Å²) in [5, 5.41) is 0. The van der Waals surface area contributed by atoms with Crippen LogP contribution in [0.4, 0.5) is 0 Å². The van der Waals surface area contributed by atoms with Gasteiger partial charge in [0, 0.05) is 25.9 Å². The van der Waals surface area contributed by atoms with Crippen molar-refractivity contribution in [1.29, 1.82) is 0 Å². The molecule has 0 heterocycles. The number of ketones is 1. The highest BCUT2D eigenvalue weighted by atomic mass is 16.1. The first-order valence-corrected chi connectivity index (χ1v) is 8.10. The highest BCUT2D eigenvalue weighted by molar-refractivity contribution is 5.77. The second-order valence-electron chi connectivity index (χ2n) is 5.68. The molecule has 2 heteroatoms. The van der Waals surface area contributed by atoms with Gasteiger partial charge in [0.15, 0.2) is 0 Å². The number of hydrogen-bond donors (Lipinski definition) is 0. The second kappa shape index (κ2) is 9.16. The first kappa shape index (κ1) is 16.4. The van der Waals surface area contributed by atoms with Crippen molar-refractivity contribution >= 4 is 5.78 Å². The van der Waals surface area contributed by atoms with Gasteiger partial charge >= 0.3 is 0 Å². The molecule has 0 atom stereocenters. The summed E-state index contributed by atoms with van der Waals surface area (Å²) in [7, 11) is 0. The molecule has 2 aromatic carbocycles. The Balaban J connectivity index is 1.95. The van der Waals surface area contributed by atoms with Crippen LogP contribution in [0.3, 0.4) is 0 Å². The van der Waals surface area contributed by atoms with E-state index in [9.17, 15) is 4.79 Å².